The normalized spacial score (nSPS) is 11.7. The fourth-order valence-electron chi connectivity index (χ4n) is 7.23. The molecule has 0 heterocycles. The maximum absolute atomic E-state index is 3.36. The molecule has 218 valence electrons. The molecule has 0 unspecified atom stereocenters. The molecule has 0 atom stereocenters. The summed E-state index contributed by atoms with van der Waals surface area (Å²) >= 11 is 0. The highest BCUT2D eigenvalue weighted by Crippen LogP contribution is 2.43. The lowest BCUT2D eigenvalue weighted by molar-refractivity contribution is 1.26. The first-order valence-electron chi connectivity index (χ1n) is 16.0. The zero-order valence-corrected chi connectivity index (χ0v) is 26.1. The van der Waals surface area contributed by atoms with Crippen LogP contribution in [-0.4, -0.2) is 0 Å². The van der Waals surface area contributed by atoms with Gasteiger partial charge in [0.2, 0.25) is 0 Å². The van der Waals surface area contributed by atoms with E-state index in [1.165, 1.54) is 93.5 Å². The maximum atomic E-state index is 3.36. The fourth-order valence-corrected chi connectivity index (χ4v) is 7.23. The summed E-state index contributed by atoms with van der Waals surface area (Å²) < 4.78 is 0. The molecule has 0 saturated heterocycles. The molecule has 0 aliphatic heterocycles. The average Bonchev–Trinajstić information content (AvgIpc) is 3.49. The van der Waals surface area contributed by atoms with Crippen LogP contribution in [0.4, 0.5) is 0 Å². The molecule has 46 heavy (non-hydrogen) atoms. The highest BCUT2D eigenvalue weighted by molar-refractivity contribution is 6.27. The molecular formula is C46H34. The van der Waals surface area contributed by atoms with Gasteiger partial charge in [-0.05, 0) is 107 Å². The van der Waals surface area contributed by atoms with Gasteiger partial charge in [0.1, 0.15) is 0 Å². The van der Waals surface area contributed by atoms with E-state index in [0.29, 0.717) is 0 Å². The van der Waals surface area contributed by atoms with Crippen LogP contribution >= 0.6 is 0 Å². The predicted molar refractivity (Wildman–Crippen MR) is 200 cm³/mol. The highest BCUT2D eigenvalue weighted by atomic mass is 14.2. The number of rotatable bonds is 4. The van der Waals surface area contributed by atoms with E-state index < -0.39 is 0 Å². The number of benzene rings is 8. The van der Waals surface area contributed by atoms with Crippen molar-refractivity contribution in [3.63, 3.8) is 0 Å². The minimum absolute atomic E-state index is 1.01. The van der Waals surface area contributed by atoms with Gasteiger partial charge in [-0.2, -0.15) is 0 Å². The fraction of sp³-hybridized carbons (Fsp3) is 0.0435. The SMILES string of the molecule is C=CC=C.Cc1ccc(-c2ccc3ccc4c(-c5cccc(-c6ccc7c(c6)Cc6ccccc6-7)c5)ccc5ccc2c3c54)cc1. The Morgan fingerprint density at radius 1 is 0.435 bits per heavy atom. The van der Waals surface area contributed by atoms with Crippen molar-refractivity contribution in [2.24, 2.45) is 0 Å². The van der Waals surface area contributed by atoms with Crippen molar-refractivity contribution in [2.45, 2.75) is 13.3 Å². The number of allylic oxidation sites excluding steroid dienone is 2. The van der Waals surface area contributed by atoms with Crippen LogP contribution in [0.1, 0.15) is 16.7 Å². The molecule has 1 aliphatic rings. The number of hydrogen-bond donors (Lipinski definition) is 0. The molecule has 8 aromatic carbocycles. The second-order valence-corrected chi connectivity index (χ2v) is 12.3. The molecule has 8 aromatic rings. The van der Waals surface area contributed by atoms with Gasteiger partial charge < -0.3 is 0 Å². The standard InChI is InChI=1S/C42H28.C4H6/c1-26-9-11-27(12-10-26)36-18-13-28-16-22-40-37(19-14-29-15-21-39(36)41(28)42(29)40)33-7-4-6-30(23-33)31-17-20-38-34(24-31)25-32-5-2-3-8-35(32)38;1-3-4-2/h2-24H,25H2,1H3;3-4H,1-2H2. The summed E-state index contributed by atoms with van der Waals surface area (Å²) in [5, 5.41) is 7.94. The third-order valence-corrected chi connectivity index (χ3v) is 9.49. The van der Waals surface area contributed by atoms with Crippen molar-refractivity contribution in [2.75, 3.05) is 0 Å². The minimum Gasteiger partial charge on any atom is -0.0991 e. The first-order valence-corrected chi connectivity index (χ1v) is 16.0. The quantitative estimate of drug-likeness (QED) is 0.142. The third-order valence-electron chi connectivity index (χ3n) is 9.49. The Balaban J connectivity index is 0.000000740. The molecular weight excluding hydrogens is 553 g/mol. The Morgan fingerprint density at radius 2 is 0.978 bits per heavy atom. The Labute approximate surface area is 270 Å². The van der Waals surface area contributed by atoms with Gasteiger partial charge in [0, 0.05) is 0 Å². The van der Waals surface area contributed by atoms with Gasteiger partial charge >= 0.3 is 0 Å². The van der Waals surface area contributed by atoms with Gasteiger partial charge in [-0.25, -0.2) is 0 Å². The van der Waals surface area contributed by atoms with Crippen molar-refractivity contribution in [3.05, 3.63) is 182 Å². The van der Waals surface area contributed by atoms with Gasteiger partial charge in [0.25, 0.3) is 0 Å². The molecule has 9 rings (SSSR count). The summed E-state index contributed by atoms with van der Waals surface area (Å²) in [4.78, 5) is 0. The second-order valence-electron chi connectivity index (χ2n) is 12.3. The molecule has 0 saturated carbocycles. The van der Waals surface area contributed by atoms with Crippen LogP contribution in [0.15, 0.2) is 165 Å². The largest absolute Gasteiger partial charge is 0.0991 e. The maximum Gasteiger partial charge on any atom is -0.00132 e. The van der Waals surface area contributed by atoms with Crippen LogP contribution in [0.2, 0.25) is 0 Å². The smallest absolute Gasteiger partial charge is 0.00132 e. The van der Waals surface area contributed by atoms with E-state index in [2.05, 4.69) is 160 Å². The lowest BCUT2D eigenvalue weighted by Gasteiger charge is -2.17. The van der Waals surface area contributed by atoms with Crippen LogP contribution in [0, 0.1) is 6.92 Å². The molecule has 1 aliphatic carbocycles. The van der Waals surface area contributed by atoms with Gasteiger partial charge in [-0.3, -0.25) is 0 Å². The molecule has 0 aromatic heterocycles. The topological polar surface area (TPSA) is 0 Å². The summed E-state index contributed by atoms with van der Waals surface area (Å²) in [7, 11) is 0. The van der Waals surface area contributed by atoms with Gasteiger partial charge in [0.05, 0.1) is 0 Å². The van der Waals surface area contributed by atoms with E-state index in [0.717, 1.165) is 6.42 Å². The van der Waals surface area contributed by atoms with Crippen molar-refractivity contribution in [3.8, 4) is 44.5 Å². The molecule has 0 radical (unpaired) electrons. The van der Waals surface area contributed by atoms with E-state index in [1.54, 1.807) is 12.2 Å². The summed E-state index contributed by atoms with van der Waals surface area (Å²) in [6.45, 7) is 8.87. The molecule has 0 N–H and O–H groups in total. The lowest BCUT2D eigenvalue weighted by atomic mass is 9.87. The minimum atomic E-state index is 1.01. The van der Waals surface area contributed by atoms with Gasteiger partial charge in [0.15, 0.2) is 0 Å². The van der Waals surface area contributed by atoms with Crippen molar-refractivity contribution >= 4 is 32.3 Å². The van der Waals surface area contributed by atoms with Crippen LogP contribution in [0.3, 0.4) is 0 Å². The highest BCUT2D eigenvalue weighted by Gasteiger charge is 2.19. The molecule has 0 nitrogen and oxygen atoms in total. The van der Waals surface area contributed by atoms with Crippen LogP contribution in [0.25, 0.3) is 76.8 Å². The van der Waals surface area contributed by atoms with E-state index in [-0.39, 0.29) is 0 Å². The number of aryl methyl sites for hydroxylation is 1. The molecule has 0 heteroatoms. The Kier molecular flexibility index (Phi) is 6.85. The zero-order chi connectivity index (χ0) is 31.2. The van der Waals surface area contributed by atoms with Crippen LogP contribution in [0.5, 0.6) is 0 Å². The predicted octanol–water partition coefficient (Wildman–Crippen LogP) is 12.8. The summed E-state index contributed by atoms with van der Waals surface area (Å²) in [6.07, 6.45) is 4.29. The van der Waals surface area contributed by atoms with E-state index >= 15 is 0 Å². The molecule has 0 spiro atoms. The van der Waals surface area contributed by atoms with E-state index in [4.69, 9.17) is 0 Å². The number of hydrogen-bond acceptors (Lipinski definition) is 0. The first-order chi connectivity index (χ1) is 22.6. The molecule has 0 bridgehead atoms. The lowest BCUT2D eigenvalue weighted by Crippen LogP contribution is -1.90. The summed E-state index contributed by atoms with van der Waals surface area (Å²) in [5.41, 5.74) is 14.5. The summed E-state index contributed by atoms with van der Waals surface area (Å²) in [6, 6.07) is 52.2. The second kappa shape index (κ2) is 11.3. The van der Waals surface area contributed by atoms with Crippen molar-refractivity contribution in [1.82, 2.24) is 0 Å². The van der Waals surface area contributed by atoms with Gasteiger partial charge in [-0.1, -0.05) is 164 Å². The Morgan fingerprint density at radius 3 is 1.67 bits per heavy atom. The third kappa shape index (κ3) is 4.62. The molecule has 0 amide bonds. The summed E-state index contributed by atoms with van der Waals surface area (Å²) in [5.74, 6) is 0. The van der Waals surface area contributed by atoms with Crippen molar-refractivity contribution < 1.29 is 0 Å². The Hall–Kier alpha value is -5.72. The van der Waals surface area contributed by atoms with Gasteiger partial charge in [-0.15, -0.1) is 0 Å². The van der Waals surface area contributed by atoms with Crippen LogP contribution < -0.4 is 0 Å². The number of fused-ring (bicyclic) bond motifs is 3. The zero-order valence-electron chi connectivity index (χ0n) is 26.1. The Bertz CT molecular complexity index is 2410. The van der Waals surface area contributed by atoms with E-state index in [1.807, 2.05) is 0 Å². The first kappa shape index (κ1) is 27.8. The monoisotopic (exact) mass is 586 g/mol. The van der Waals surface area contributed by atoms with Crippen molar-refractivity contribution in [1.29, 1.82) is 0 Å². The van der Waals surface area contributed by atoms with E-state index in [9.17, 15) is 0 Å². The molecule has 0 fully saturated rings. The van der Waals surface area contributed by atoms with Crippen LogP contribution in [-0.2, 0) is 6.42 Å². The average molecular weight is 587 g/mol.